The fourth-order valence-electron chi connectivity index (χ4n) is 1.77. The monoisotopic (exact) mass is 368 g/mol. The van der Waals surface area contributed by atoms with Crippen LogP contribution in [-0.2, 0) is 11.3 Å². The van der Waals surface area contributed by atoms with E-state index >= 15 is 0 Å². The molecular formula is C16H14BrClO3. The Morgan fingerprint density at radius 3 is 2.71 bits per heavy atom. The van der Waals surface area contributed by atoms with Crippen LogP contribution >= 0.6 is 27.5 Å². The van der Waals surface area contributed by atoms with Crippen LogP contribution in [0.2, 0.25) is 5.02 Å². The van der Waals surface area contributed by atoms with Gasteiger partial charge in [-0.15, -0.1) is 0 Å². The molecule has 2 rings (SSSR count). The van der Waals surface area contributed by atoms with Crippen LogP contribution in [0.4, 0.5) is 0 Å². The molecule has 0 radical (unpaired) electrons. The molecule has 0 aliphatic rings. The lowest BCUT2D eigenvalue weighted by molar-refractivity contribution is 0.0521. The molecule has 0 amide bonds. The summed E-state index contributed by atoms with van der Waals surface area (Å²) in [6, 6.07) is 12.6. The van der Waals surface area contributed by atoms with E-state index < -0.39 is 5.97 Å². The highest BCUT2D eigenvalue weighted by molar-refractivity contribution is 9.10. The maximum absolute atomic E-state index is 11.9. The van der Waals surface area contributed by atoms with Gasteiger partial charge in [0, 0.05) is 15.1 Å². The average Bonchev–Trinajstić information content (AvgIpc) is 2.47. The van der Waals surface area contributed by atoms with Crippen molar-refractivity contribution in [2.75, 3.05) is 6.61 Å². The van der Waals surface area contributed by atoms with E-state index in [0.29, 0.717) is 22.9 Å². The number of carbonyl (C=O) groups is 1. The molecule has 0 unspecified atom stereocenters. The molecule has 0 spiro atoms. The minimum absolute atomic E-state index is 0.285. The second-order valence-electron chi connectivity index (χ2n) is 4.24. The van der Waals surface area contributed by atoms with E-state index in [9.17, 15) is 4.79 Å². The van der Waals surface area contributed by atoms with Gasteiger partial charge in [-0.1, -0.05) is 45.7 Å². The van der Waals surface area contributed by atoms with Crippen molar-refractivity contribution in [2.45, 2.75) is 13.5 Å². The Labute approximate surface area is 137 Å². The number of benzene rings is 2. The molecule has 0 bridgehead atoms. The van der Waals surface area contributed by atoms with E-state index in [-0.39, 0.29) is 6.61 Å². The molecule has 110 valence electrons. The van der Waals surface area contributed by atoms with Gasteiger partial charge in [-0.3, -0.25) is 0 Å². The van der Waals surface area contributed by atoms with Gasteiger partial charge in [0.15, 0.2) is 0 Å². The summed E-state index contributed by atoms with van der Waals surface area (Å²) in [5.74, 6) is 0.0597. The lowest BCUT2D eigenvalue weighted by Gasteiger charge is -2.12. The highest BCUT2D eigenvalue weighted by Crippen LogP contribution is 2.26. The van der Waals surface area contributed by atoms with Crippen LogP contribution in [-0.4, -0.2) is 12.6 Å². The fourth-order valence-corrected chi connectivity index (χ4v) is 2.32. The molecule has 2 aromatic carbocycles. The quantitative estimate of drug-likeness (QED) is 0.706. The van der Waals surface area contributed by atoms with Crippen molar-refractivity contribution in [3.05, 3.63) is 63.1 Å². The van der Waals surface area contributed by atoms with Gasteiger partial charge < -0.3 is 9.47 Å². The first-order valence-corrected chi connectivity index (χ1v) is 7.61. The van der Waals surface area contributed by atoms with Crippen LogP contribution in [0.5, 0.6) is 5.75 Å². The van der Waals surface area contributed by atoms with E-state index in [0.717, 1.165) is 10.0 Å². The lowest BCUT2D eigenvalue weighted by atomic mass is 10.2. The molecule has 5 heteroatoms. The third-order valence-electron chi connectivity index (χ3n) is 2.78. The Bertz CT molecular complexity index is 643. The first-order valence-electron chi connectivity index (χ1n) is 6.44. The Kier molecular flexibility index (Phi) is 5.65. The van der Waals surface area contributed by atoms with Crippen molar-refractivity contribution in [3.63, 3.8) is 0 Å². The summed E-state index contributed by atoms with van der Waals surface area (Å²) in [6.07, 6.45) is 0. The van der Waals surface area contributed by atoms with Gasteiger partial charge in [0.05, 0.1) is 6.61 Å². The SMILES string of the molecule is CCOC(=O)c1cc(Br)ccc1OCc1ccccc1Cl. The molecule has 2 aromatic rings. The predicted octanol–water partition coefficient (Wildman–Crippen LogP) is 4.86. The lowest BCUT2D eigenvalue weighted by Crippen LogP contribution is -2.08. The highest BCUT2D eigenvalue weighted by Gasteiger charge is 2.14. The van der Waals surface area contributed by atoms with Crippen molar-refractivity contribution in [1.82, 2.24) is 0 Å². The molecule has 0 atom stereocenters. The number of ether oxygens (including phenoxy) is 2. The molecule has 3 nitrogen and oxygen atoms in total. The summed E-state index contributed by atoms with van der Waals surface area (Å²) < 4.78 is 11.5. The molecule has 0 aliphatic heterocycles. The fraction of sp³-hybridized carbons (Fsp3) is 0.188. The minimum Gasteiger partial charge on any atom is -0.488 e. The van der Waals surface area contributed by atoms with E-state index in [2.05, 4.69) is 15.9 Å². The first-order chi connectivity index (χ1) is 10.1. The summed E-state index contributed by atoms with van der Waals surface area (Å²) in [6.45, 7) is 2.36. The maximum Gasteiger partial charge on any atom is 0.341 e. The van der Waals surface area contributed by atoms with Crippen molar-refractivity contribution < 1.29 is 14.3 Å². The molecule has 0 heterocycles. The summed E-state index contributed by atoms with van der Waals surface area (Å²) in [5.41, 5.74) is 1.25. The molecule has 21 heavy (non-hydrogen) atoms. The van der Waals surface area contributed by atoms with Gasteiger partial charge in [-0.25, -0.2) is 4.79 Å². The second kappa shape index (κ2) is 7.48. The number of esters is 1. The molecular weight excluding hydrogens is 356 g/mol. The van der Waals surface area contributed by atoms with Gasteiger partial charge in [-0.2, -0.15) is 0 Å². The van der Waals surface area contributed by atoms with Crippen molar-refractivity contribution in [2.24, 2.45) is 0 Å². The predicted molar refractivity (Wildman–Crippen MR) is 85.9 cm³/mol. The molecule has 0 fully saturated rings. The maximum atomic E-state index is 11.9. The third-order valence-corrected chi connectivity index (χ3v) is 3.64. The second-order valence-corrected chi connectivity index (χ2v) is 5.56. The number of hydrogen-bond donors (Lipinski definition) is 0. The Morgan fingerprint density at radius 1 is 1.24 bits per heavy atom. The average molecular weight is 370 g/mol. The van der Waals surface area contributed by atoms with Gasteiger partial charge >= 0.3 is 5.97 Å². The van der Waals surface area contributed by atoms with E-state index in [1.807, 2.05) is 24.3 Å². The number of rotatable bonds is 5. The van der Waals surface area contributed by atoms with Crippen molar-refractivity contribution >= 4 is 33.5 Å². The zero-order valence-electron chi connectivity index (χ0n) is 11.4. The zero-order chi connectivity index (χ0) is 15.2. The van der Waals surface area contributed by atoms with E-state index in [4.69, 9.17) is 21.1 Å². The normalized spacial score (nSPS) is 10.2. The Morgan fingerprint density at radius 2 is 2.00 bits per heavy atom. The van der Waals surface area contributed by atoms with Crippen LogP contribution in [0, 0.1) is 0 Å². The smallest absolute Gasteiger partial charge is 0.341 e. The summed E-state index contributed by atoms with van der Waals surface area (Å²) in [5, 5.41) is 0.632. The first kappa shape index (κ1) is 15.9. The topological polar surface area (TPSA) is 35.5 Å². The van der Waals surface area contributed by atoms with Gasteiger partial charge in [0.1, 0.15) is 17.9 Å². The van der Waals surface area contributed by atoms with Crippen LogP contribution in [0.15, 0.2) is 46.9 Å². The molecule has 0 saturated heterocycles. The third kappa shape index (κ3) is 4.22. The highest BCUT2D eigenvalue weighted by atomic mass is 79.9. The number of halogens is 2. The van der Waals surface area contributed by atoms with Crippen LogP contribution < -0.4 is 4.74 Å². The van der Waals surface area contributed by atoms with Crippen LogP contribution in [0.1, 0.15) is 22.8 Å². The largest absolute Gasteiger partial charge is 0.488 e. The number of carbonyl (C=O) groups excluding carboxylic acids is 1. The Balaban J connectivity index is 2.20. The molecule has 0 saturated carbocycles. The van der Waals surface area contributed by atoms with Crippen LogP contribution in [0.3, 0.4) is 0 Å². The van der Waals surface area contributed by atoms with E-state index in [1.165, 1.54) is 0 Å². The Hall–Kier alpha value is -1.52. The zero-order valence-corrected chi connectivity index (χ0v) is 13.8. The molecule has 0 aromatic heterocycles. The summed E-state index contributed by atoms with van der Waals surface area (Å²) in [4.78, 5) is 11.9. The van der Waals surface area contributed by atoms with Crippen molar-refractivity contribution in [3.8, 4) is 5.75 Å². The molecule has 0 N–H and O–H groups in total. The minimum atomic E-state index is -0.409. The summed E-state index contributed by atoms with van der Waals surface area (Å²) >= 11 is 9.43. The van der Waals surface area contributed by atoms with Crippen LogP contribution in [0.25, 0.3) is 0 Å². The van der Waals surface area contributed by atoms with Gasteiger partial charge in [0.2, 0.25) is 0 Å². The van der Waals surface area contributed by atoms with Gasteiger partial charge in [0.25, 0.3) is 0 Å². The van der Waals surface area contributed by atoms with Gasteiger partial charge in [-0.05, 0) is 31.2 Å². The van der Waals surface area contributed by atoms with Crippen molar-refractivity contribution in [1.29, 1.82) is 0 Å². The summed E-state index contributed by atoms with van der Waals surface area (Å²) in [7, 11) is 0. The molecule has 0 aliphatic carbocycles. The van der Waals surface area contributed by atoms with E-state index in [1.54, 1.807) is 25.1 Å². The standard InChI is InChI=1S/C16H14BrClO3/c1-2-20-16(19)13-9-12(17)7-8-15(13)21-10-11-5-3-4-6-14(11)18/h3-9H,2,10H2,1H3. The number of hydrogen-bond acceptors (Lipinski definition) is 3.